The van der Waals surface area contributed by atoms with Gasteiger partial charge < -0.3 is 4.18 Å². The van der Waals surface area contributed by atoms with Gasteiger partial charge in [-0.25, -0.2) is 0 Å². The quantitative estimate of drug-likeness (QED) is 0.632. The minimum Gasteiger partial charge on any atom is -0.374 e. The van der Waals surface area contributed by atoms with E-state index in [2.05, 4.69) is 34.9 Å². The first-order valence-corrected chi connectivity index (χ1v) is 7.67. The molecule has 3 nitrogen and oxygen atoms in total. The minimum absolute atomic E-state index is 0.293. The molecule has 0 N–H and O–H groups in total. The van der Waals surface area contributed by atoms with Crippen LogP contribution in [0, 0.1) is 0 Å². The zero-order chi connectivity index (χ0) is 9.90. The van der Waals surface area contributed by atoms with Gasteiger partial charge in [0.15, 0.2) is 0 Å². The molecule has 0 fully saturated rings. The second kappa shape index (κ2) is 4.43. The highest BCUT2D eigenvalue weighted by molar-refractivity contribution is 9.46. The Hall–Kier alpha value is -0.0700. The van der Waals surface area contributed by atoms with Crippen molar-refractivity contribution in [1.29, 1.82) is 0 Å². The fraction of sp³-hybridized carbons (Fsp3) is 0.143. The van der Waals surface area contributed by atoms with Gasteiger partial charge in [-0.05, 0) is 17.7 Å². The van der Waals surface area contributed by atoms with Gasteiger partial charge in [-0.1, -0.05) is 28.1 Å². The Morgan fingerprint density at radius 1 is 1.23 bits per heavy atom. The van der Waals surface area contributed by atoms with Crippen LogP contribution in [0.4, 0.5) is 0 Å². The number of hydrogen-bond acceptors (Lipinski definition) is 3. The summed E-state index contributed by atoms with van der Waals surface area (Å²) in [6.45, 7) is 0. The summed E-state index contributed by atoms with van der Waals surface area (Å²) in [6.07, 6.45) is 0. The van der Waals surface area contributed by atoms with Gasteiger partial charge in [-0.3, -0.25) is 0 Å². The molecule has 13 heavy (non-hydrogen) atoms. The lowest BCUT2D eigenvalue weighted by molar-refractivity contribution is 0.506. The van der Waals surface area contributed by atoms with Gasteiger partial charge in [0.2, 0.25) is 0 Å². The Morgan fingerprint density at radius 2 is 1.77 bits per heavy atom. The first-order valence-electron chi connectivity index (χ1n) is 3.30. The summed E-state index contributed by atoms with van der Waals surface area (Å²) < 4.78 is 25.9. The lowest BCUT2D eigenvalue weighted by Gasteiger charge is -2.01. The lowest BCUT2D eigenvalue weighted by Crippen LogP contribution is -1.98. The number of halogens is 2. The van der Waals surface area contributed by atoms with E-state index < -0.39 is 8.55 Å². The number of benzene rings is 1. The summed E-state index contributed by atoms with van der Waals surface area (Å²) in [5.41, 5.74) is 1.05. The molecule has 0 aliphatic heterocycles. The summed E-state index contributed by atoms with van der Waals surface area (Å²) in [7, 11) is -3.60. The molecule has 0 amide bonds. The van der Waals surface area contributed by atoms with E-state index in [1.807, 2.05) is 0 Å². The fourth-order valence-electron chi connectivity index (χ4n) is 0.749. The predicted molar refractivity (Wildman–Crippen MR) is 57.5 cm³/mol. The molecule has 0 aliphatic carbocycles. The average Bonchev–Trinajstić information content (AvgIpc) is 2.03. The molecule has 0 bridgehead atoms. The molecule has 0 saturated carbocycles. The molecule has 0 spiro atoms. The molecule has 72 valence electrons. The van der Waals surface area contributed by atoms with E-state index in [1.165, 1.54) is 0 Å². The molecule has 6 heteroatoms. The zero-order valence-electron chi connectivity index (χ0n) is 6.41. The van der Waals surface area contributed by atoms with Crippen molar-refractivity contribution in [3.05, 3.63) is 29.8 Å². The summed E-state index contributed by atoms with van der Waals surface area (Å²) in [4.78, 5) is 0. The Labute approximate surface area is 92.6 Å². The van der Waals surface area contributed by atoms with Gasteiger partial charge in [-0.2, -0.15) is 8.42 Å². The second-order valence-corrected chi connectivity index (χ2v) is 6.15. The molecule has 0 heterocycles. The molecule has 0 radical (unpaired) electrons. The van der Waals surface area contributed by atoms with Crippen LogP contribution in [0.25, 0.3) is 0 Å². The van der Waals surface area contributed by atoms with E-state index in [0.717, 1.165) is 10.9 Å². The number of alkyl halides is 1. The van der Waals surface area contributed by atoms with Crippen molar-refractivity contribution < 1.29 is 12.6 Å². The first-order chi connectivity index (χ1) is 6.01. The van der Waals surface area contributed by atoms with E-state index in [-0.39, 0.29) is 0 Å². The van der Waals surface area contributed by atoms with Crippen molar-refractivity contribution in [2.75, 3.05) is 0 Å². The highest BCUT2D eigenvalue weighted by Gasteiger charge is 2.05. The van der Waals surface area contributed by atoms with Gasteiger partial charge in [0.1, 0.15) is 20.6 Å². The van der Waals surface area contributed by atoms with E-state index in [0.29, 0.717) is 5.75 Å². The third-order valence-corrected chi connectivity index (χ3v) is 2.71. The highest BCUT2D eigenvalue weighted by Crippen LogP contribution is 2.17. The van der Waals surface area contributed by atoms with Crippen molar-refractivity contribution >= 4 is 39.3 Å². The normalized spacial score (nSPS) is 11.2. The Morgan fingerprint density at radius 3 is 2.15 bits per heavy atom. The fourth-order valence-corrected chi connectivity index (χ4v) is 1.92. The standard InChI is InChI=1S/C7H6Br2O3S/c8-5-6-1-3-7(4-2-6)12-13(9,10)11/h1-4H,5H2. The van der Waals surface area contributed by atoms with E-state index >= 15 is 0 Å². The SMILES string of the molecule is O=S(=O)(Br)Oc1ccc(CBr)cc1. The Bertz CT molecular complexity index is 371. The van der Waals surface area contributed by atoms with Gasteiger partial charge in [0.05, 0.1) is 0 Å². The third kappa shape index (κ3) is 4.10. The van der Waals surface area contributed by atoms with Gasteiger partial charge in [-0.15, -0.1) is 0 Å². The largest absolute Gasteiger partial charge is 0.374 e. The molecule has 0 saturated heterocycles. The predicted octanol–water partition coefficient (Wildman–Crippen LogP) is 2.60. The maximum atomic E-state index is 10.6. The molecule has 1 aromatic carbocycles. The highest BCUT2D eigenvalue weighted by atomic mass is 79.9. The molecule has 0 unspecified atom stereocenters. The maximum Gasteiger partial charge on any atom is 0.372 e. The molecule has 0 aromatic heterocycles. The van der Waals surface area contributed by atoms with Gasteiger partial charge >= 0.3 is 8.55 Å². The van der Waals surface area contributed by atoms with Crippen LogP contribution < -0.4 is 4.18 Å². The van der Waals surface area contributed by atoms with Crippen molar-refractivity contribution in [2.24, 2.45) is 0 Å². The van der Waals surface area contributed by atoms with E-state index in [1.54, 1.807) is 24.3 Å². The molecule has 1 rings (SSSR count). The van der Waals surface area contributed by atoms with Crippen LogP contribution in [0.15, 0.2) is 24.3 Å². The van der Waals surface area contributed by atoms with Gasteiger partial charge in [0, 0.05) is 5.33 Å². The van der Waals surface area contributed by atoms with Crippen molar-refractivity contribution in [3.63, 3.8) is 0 Å². The topological polar surface area (TPSA) is 43.4 Å². The molecular weight excluding hydrogens is 324 g/mol. The van der Waals surface area contributed by atoms with Crippen LogP contribution in [0.5, 0.6) is 5.75 Å². The van der Waals surface area contributed by atoms with Crippen LogP contribution in [0.3, 0.4) is 0 Å². The number of hydrogen-bond donors (Lipinski definition) is 0. The molecular formula is C7H6Br2O3S. The monoisotopic (exact) mass is 328 g/mol. The zero-order valence-corrected chi connectivity index (χ0v) is 10.4. The smallest absolute Gasteiger partial charge is 0.372 e. The lowest BCUT2D eigenvalue weighted by atomic mass is 10.2. The van der Waals surface area contributed by atoms with Crippen molar-refractivity contribution in [2.45, 2.75) is 5.33 Å². The van der Waals surface area contributed by atoms with Crippen LogP contribution in [-0.2, 0) is 13.9 Å². The van der Waals surface area contributed by atoms with E-state index in [9.17, 15) is 8.42 Å². The average molecular weight is 330 g/mol. The minimum atomic E-state index is -3.60. The molecule has 0 atom stereocenters. The molecule has 1 aromatic rings. The maximum absolute atomic E-state index is 10.6. The van der Waals surface area contributed by atoms with Crippen LogP contribution in [-0.4, -0.2) is 8.42 Å². The van der Waals surface area contributed by atoms with Gasteiger partial charge in [0.25, 0.3) is 0 Å². The summed E-state index contributed by atoms with van der Waals surface area (Å²) >= 11 is 5.67. The van der Waals surface area contributed by atoms with Crippen LogP contribution >= 0.6 is 30.7 Å². The van der Waals surface area contributed by atoms with Crippen LogP contribution in [0.1, 0.15) is 5.56 Å². The summed E-state index contributed by atoms with van der Waals surface area (Å²) in [5.74, 6) is 0.293. The molecule has 0 aliphatic rings. The van der Waals surface area contributed by atoms with Crippen LogP contribution in [0.2, 0.25) is 0 Å². The third-order valence-electron chi connectivity index (χ3n) is 1.27. The summed E-state index contributed by atoms with van der Waals surface area (Å²) in [6, 6.07) is 6.75. The Balaban J connectivity index is 2.81. The van der Waals surface area contributed by atoms with E-state index in [4.69, 9.17) is 0 Å². The first kappa shape index (κ1) is 11.0. The number of rotatable bonds is 3. The summed E-state index contributed by atoms with van der Waals surface area (Å²) in [5, 5.41) is 0.730. The van der Waals surface area contributed by atoms with Crippen molar-refractivity contribution in [1.82, 2.24) is 0 Å². The Kier molecular flexibility index (Phi) is 3.75. The van der Waals surface area contributed by atoms with Crippen molar-refractivity contribution in [3.8, 4) is 5.75 Å². The second-order valence-electron chi connectivity index (χ2n) is 2.25.